The van der Waals surface area contributed by atoms with Crippen molar-refractivity contribution in [2.45, 2.75) is 18.4 Å². The molecule has 1 aliphatic carbocycles. The molecule has 0 bridgehead atoms. The second kappa shape index (κ2) is 11.5. The van der Waals surface area contributed by atoms with E-state index in [9.17, 15) is 9.59 Å². The van der Waals surface area contributed by atoms with Crippen LogP contribution in [0.15, 0.2) is 66.0 Å². The van der Waals surface area contributed by atoms with Gasteiger partial charge >= 0.3 is 0 Å². The number of nitrogens with zero attached hydrogens (tertiary/aromatic N) is 3. The Morgan fingerprint density at radius 1 is 0.973 bits per heavy atom. The van der Waals surface area contributed by atoms with Crippen LogP contribution in [0.1, 0.15) is 37.9 Å². The molecule has 3 aromatic rings. The molecule has 2 aromatic carbocycles. The van der Waals surface area contributed by atoms with Crippen molar-refractivity contribution in [1.82, 2.24) is 15.1 Å². The third-order valence-electron chi connectivity index (χ3n) is 7.16. The Morgan fingerprint density at radius 2 is 1.76 bits per heavy atom. The number of anilines is 2. The van der Waals surface area contributed by atoms with Crippen LogP contribution in [0, 0.1) is 0 Å². The fraction of sp³-hybridized carbons (Fsp3) is 0.379. The van der Waals surface area contributed by atoms with Crippen molar-refractivity contribution in [2.75, 3.05) is 63.6 Å². The molecule has 2 amide bonds. The van der Waals surface area contributed by atoms with Crippen LogP contribution in [-0.4, -0.2) is 81.0 Å². The Morgan fingerprint density at radius 3 is 2.46 bits per heavy atom. The van der Waals surface area contributed by atoms with E-state index in [1.807, 2.05) is 53.9 Å². The van der Waals surface area contributed by atoms with Gasteiger partial charge in [0.05, 0.1) is 16.3 Å². The van der Waals surface area contributed by atoms with Crippen molar-refractivity contribution in [1.29, 1.82) is 0 Å². The van der Waals surface area contributed by atoms with E-state index in [1.165, 1.54) is 16.9 Å². The highest BCUT2D eigenvalue weighted by Gasteiger charge is 2.39. The molecule has 1 saturated heterocycles. The number of hydrogen-bond acceptors (Lipinski definition) is 6. The highest BCUT2D eigenvalue weighted by atomic mass is 32.1. The van der Waals surface area contributed by atoms with E-state index in [-0.39, 0.29) is 17.9 Å². The molecule has 0 unspecified atom stereocenters. The summed E-state index contributed by atoms with van der Waals surface area (Å²) in [4.78, 5) is 33.7. The molecule has 2 N–H and O–H groups in total. The standard InChI is InChI=1S/C29H35N5O2S/c1-32(2)12-13-33-14-16-34(17-15-33)26-11-10-22(19-25(26)31-29(36)27-9-6-18-37-27)28(35)30-24-20-23(24)21-7-4-3-5-8-21/h3-11,18-19,23-24H,12-17,20H2,1-2H3,(H,30,35)(H,31,36)/t23-,24+/m0/s1. The molecule has 1 aromatic heterocycles. The van der Waals surface area contributed by atoms with Crippen LogP contribution >= 0.6 is 11.3 Å². The van der Waals surface area contributed by atoms with E-state index in [4.69, 9.17) is 0 Å². The predicted octanol–water partition coefficient (Wildman–Crippen LogP) is 3.97. The number of amides is 2. The van der Waals surface area contributed by atoms with Crippen molar-refractivity contribution in [3.05, 3.63) is 82.0 Å². The van der Waals surface area contributed by atoms with E-state index in [1.54, 1.807) is 0 Å². The first-order valence-electron chi connectivity index (χ1n) is 12.9. The minimum atomic E-state index is -0.148. The molecular formula is C29H35N5O2S. The molecule has 2 fully saturated rings. The summed E-state index contributed by atoms with van der Waals surface area (Å²) >= 11 is 1.41. The van der Waals surface area contributed by atoms with Gasteiger partial charge in [0, 0.05) is 56.8 Å². The molecular weight excluding hydrogens is 482 g/mol. The molecule has 0 radical (unpaired) electrons. The summed E-state index contributed by atoms with van der Waals surface area (Å²) in [5.41, 5.74) is 3.47. The maximum absolute atomic E-state index is 13.2. The number of hydrogen-bond donors (Lipinski definition) is 2. The topological polar surface area (TPSA) is 67.9 Å². The minimum Gasteiger partial charge on any atom is -0.367 e. The van der Waals surface area contributed by atoms with Gasteiger partial charge in [-0.1, -0.05) is 36.4 Å². The average Bonchev–Trinajstić information content (AvgIpc) is 3.45. The molecule has 194 valence electrons. The predicted molar refractivity (Wildman–Crippen MR) is 151 cm³/mol. The monoisotopic (exact) mass is 517 g/mol. The van der Waals surface area contributed by atoms with Crippen molar-refractivity contribution >= 4 is 34.5 Å². The lowest BCUT2D eigenvalue weighted by molar-refractivity contribution is 0.0949. The number of nitrogens with one attached hydrogen (secondary N) is 2. The summed E-state index contributed by atoms with van der Waals surface area (Å²) in [6.45, 7) is 5.78. The quantitative estimate of drug-likeness (QED) is 0.450. The first-order valence-corrected chi connectivity index (χ1v) is 13.8. The van der Waals surface area contributed by atoms with Gasteiger partial charge in [-0.25, -0.2) is 0 Å². The Balaban J connectivity index is 1.29. The fourth-order valence-corrected chi connectivity index (χ4v) is 5.49. The lowest BCUT2D eigenvalue weighted by Gasteiger charge is -2.37. The van der Waals surface area contributed by atoms with Crippen molar-refractivity contribution in [3.8, 4) is 0 Å². The second-order valence-corrected chi connectivity index (χ2v) is 11.1. The Hall–Kier alpha value is -3.20. The van der Waals surface area contributed by atoms with Gasteiger partial charge in [0.2, 0.25) is 0 Å². The van der Waals surface area contributed by atoms with Crippen LogP contribution in [0.2, 0.25) is 0 Å². The number of likely N-dealkylation sites (N-methyl/N-ethyl adjacent to an activating group) is 1. The summed E-state index contributed by atoms with van der Waals surface area (Å²) < 4.78 is 0. The summed E-state index contributed by atoms with van der Waals surface area (Å²) in [7, 11) is 4.20. The normalized spacial score (nSPS) is 19.6. The van der Waals surface area contributed by atoms with Gasteiger partial charge in [0.25, 0.3) is 11.8 Å². The molecule has 1 aliphatic heterocycles. The van der Waals surface area contributed by atoms with Crippen LogP contribution in [0.3, 0.4) is 0 Å². The lowest BCUT2D eigenvalue weighted by Crippen LogP contribution is -2.48. The van der Waals surface area contributed by atoms with E-state index >= 15 is 0 Å². The zero-order valence-corrected chi connectivity index (χ0v) is 22.3. The molecule has 2 heterocycles. The van der Waals surface area contributed by atoms with Gasteiger partial charge < -0.3 is 20.4 Å². The number of thiophene rings is 1. The number of carbonyl (C=O) groups excluding carboxylic acids is 2. The van der Waals surface area contributed by atoms with Gasteiger partial charge in [-0.05, 0) is 55.7 Å². The fourth-order valence-electron chi connectivity index (χ4n) is 4.87. The highest BCUT2D eigenvalue weighted by Crippen LogP contribution is 2.41. The van der Waals surface area contributed by atoms with Gasteiger partial charge in [-0.2, -0.15) is 0 Å². The van der Waals surface area contributed by atoms with Gasteiger partial charge in [-0.15, -0.1) is 11.3 Å². The lowest BCUT2D eigenvalue weighted by atomic mass is 10.1. The average molecular weight is 518 g/mol. The molecule has 37 heavy (non-hydrogen) atoms. The smallest absolute Gasteiger partial charge is 0.265 e. The largest absolute Gasteiger partial charge is 0.367 e. The molecule has 8 heteroatoms. The van der Waals surface area contributed by atoms with Gasteiger partial charge in [0.15, 0.2) is 0 Å². The van der Waals surface area contributed by atoms with E-state index in [2.05, 4.69) is 51.6 Å². The molecule has 7 nitrogen and oxygen atoms in total. The summed E-state index contributed by atoms with van der Waals surface area (Å²) in [5.74, 6) is 0.117. The Kier molecular flexibility index (Phi) is 7.88. The van der Waals surface area contributed by atoms with Crippen LogP contribution in [0.25, 0.3) is 0 Å². The summed E-state index contributed by atoms with van der Waals surface area (Å²) in [5, 5.41) is 8.17. The zero-order chi connectivity index (χ0) is 25.8. The Bertz CT molecular complexity index is 1210. The first kappa shape index (κ1) is 25.4. The molecule has 1 saturated carbocycles. The van der Waals surface area contributed by atoms with Crippen molar-refractivity contribution in [2.24, 2.45) is 0 Å². The van der Waals surface area contributed by atoms with Crippen LogP contribution in [0.5, 0.6) is 0 Å². The van der Waals surface area contributed by atoms with E-state index in [0.29, 0.717) is 22.0 Å². The molecule has 2 aliphatic rings. The third-order valence-corrected chi connectivity index (χ3v) is 8.03. The van der Waals surface area contributed by atoms with Gasteiger partial charge in [-0.3, -0.25) is 14.5 Å². The van der Waals surface area contributed by atoms with Crippen molar-refractivity contribution in [3.63, 3.8) is 0 Å². The maximum Gasteiger partial charge on any atom is 0.265 e. The number of benzene rings is 2. The molecule has 5 rings (SSSR count). The first-order chi connectivity index (χ1) is 18.0. The van der Waals surface area contributed by atoms with Crippen LogP contribution < -0.4 is 15.5 Å². The van der Waals surface area contributed by atoms with Crippen LogP contribution in [-0.2, 0) is 0 Å². The SMILES string of the molecule is CN(C)CCN1CCN(c2ccc(C(=O)N[C@@H]3C[C@H]3c3ccccc3)cc2NC(=O)c2cccs2)CC1. The highest BCUT2D eigenvalue weighted by molar-refractivity contribution is 7.12. The third kappa shape index (κ3) is 6.39. The van der Waals surface area contributed by atoms with Crippen molar-refractivity contribution < 1.29 is 9.59 Å². The summed E-state index contributed by atoms with van der Waals surface area (Å²) in [6, 6.07) is 19.8. The number of carbonyl (C=O) groups is 2. The molecule has 2 atom stereocenters. The summed E-state index contributed by atoms with van der Waals surface area (Å²) in [6.07, 6.45) is 0.952. The maximum atomic E-state index is 13.2. The number of piperazine rings is 1. The zero-order valence-electron chi connectivity index (χ0n) is 21.5. The minimum absolute atomic E-state index is 0.102. The Labute approximate surface area is 223 Å². The number of rotatable bonds is 9. The second-order valence-electron chi connectivity index (χ2n) is 10.1. The van der Waals surface area contributed by atoms with E-state index in [0.717, 1.165) is 51.4 Å². The van der Waals surface area contributed by atoms with Crippen LogP contribution in [0.4, 0.5) is 11.4 Å². The van der Waals surface area contributed by atoms with E-state index < -0.39 is 0 Å². The molecule has 0 spiro atoms. The van der Waals surface area contributed by atoms with Gasteiger partial charge in [0.1, 0.15) is 0 Å².